The van der Waals surface area contributed by atoms with Crippen LogP contribution in [0.2, 0.25) is 0 Å². The van der Waals surface area contributed by atoms with Gasteiger partial charge in [-0.3, -0.25) is 4.79 Å². The van der Waals surface area contributed by atoms with Crippen molar-refractivity contribution >= 4 is 0 Å². The van der Waals surface area contributed by atoms with Crippen LogP contribution in [0.1, 0.15) is 12.7 Å². The van der Waals surface area contributed by atoms with Crippen molar-refractivity contribution in [3.63, 3.8) is 0 Å². The zero-order valence-corrected chi connectivity index (χ0v) is 7.86. The van der Waals surface area contributed by atoms with Crippen LogP contribution in [-0.4, -0.2) is 18.5 Å². The molecule has 0 fully saturated rings. The van der Waals surface area contributed by atoms with Crippen LogP contribution < -0.4 is 10.2 Å². The maximum atomic E-state index is 11.2. The molecule has 0 saturated carbocycles. The fraction of sp³-hybridized carbons (Fsp3) is 0.444. The number of aliphatic hydroxyl groups excluding tert-OH is 1. The highest BCUT2D eigenvalue weighted by molar-refractivity contribution is 5.17. The first kappa shape index (κ1) is 10.7. The molecule has 0 spiro atoms. The molecule has 1 heterocycles. The summed E-state index contributed by atoms with van der Waals surface area (Å²) in [6, 6.07) is 1.18. The van der Waals surface area contributed by atoms with Gasteiger partial charge < -0.3 is 19.0 Å². The van der Waals surface area contributed by atoms with Gasteiger partial charge in [0.15, 0.2) is 6.79 Å². The van der Waals surface area contributed by atoms with Gasteiger partial charge in [-0.25, -0.2) is 0 Å². The minimum absolute atomic E-state index is 0.0136. The molecule has 1 aromatic heterocycles. The molecular weight excluding hydrogens is 188 g/mol. The predicted molar refractivity (Wildman–Crippen MR) is 48.0 cm³/mol. The van der Waals surface area contributed by atoms with Gasteiger partial charge in [0.25, 0.3) is 0 Å². The molecule has 0 radical (unpaired) electrons. The lowest BCUT2D eigenvalue weighted by atomic mass is 10.4. The standard InChI is InChI=1S/C9H12O5/c1-2-12-6-14-9-5-13-7(4-10)3-8(9)11/h3,5,10H,2,4,6H2,1H3. The Morgan fingerprint density at radius 1 is 1.57 bits per heavy atom. The molecule has 5 nitrogen and oxygen atoms in total. The fourth-order valence-corrected chi connectivity index (χ4v) is 0.815. The van der Waals surface area contributed by atoms with Crippen LogP contribution in [0.5, 0.6) is 5.75 Å². The number of aliphatic hydroxyl groups is 1. The highest BCUT2D eigenvalue weighted by Crippen LogP contribution is 2.05. The van der Waals surface area contributed by atoms with E-state index >= 15 is 0 Å². The highest BCUT2D eigenvalue weighted by Gasteiger charge is 2.03. The zero-order chi connectivity index (χ0) is 10.4. The predicted octanol–water partition coefficient (Wildman–Crippen LogP) is 0.505. The van der Waals surface area contributed by atoms with E-state index in [9.17, 15) is 4.79 Å². The Kier molecular flexibility index (Phi) is 4.15. The van der Waals surface area contributed by atoms with E-state index in [0.29, 0.717) is 6.61 Å². The van der Waals surface area contributed by atoms with Crippen molar-refractivity contribution in [3.05, 3.63) is 28.3 Å². The van der Waals surface area contributed by atoms with Crippen molar-refractivity contribution in [1.82, 2.24) is 0 Å². The van der Waals surface area contributed by atoms with E-state index in [0.717, 1.165) is 6.26 Å². The quantitative estimate of drug-likeness (QED) is 0.553. The van der Waals surface area contributed by atoms with Gasteiger partial charge in [-0.05, 0) is 6.92 Å². The van der Waals surface area contributed by atoms with Crippen molar-refractivity contribution in [2.45, 2.75) is 13.5 Å². The second-order valence-electron chi connectivity index (χ2n) is 2.49. The third-order valence-electron chi connectivity index (χ3n) is 1.51. The smallest absolute Gasteiger partial charge is 0.227 e. The average Bonchev–Trinajstić information content (AvgIpc) is 2.20. The van der Waals surface area contributed by atoms with Gasteiger partial charge in [0, 0.05) is 12.7 Å². The Morgan fingerprint density at radius 2 is 2.36 bits per heavy atom. The monoisotopic (exact) mass is 200 g/mol. The van der Waals surface area contributed by atoms with Gasteiger partial charge in [-0.1, -0.05) is 0 Å². The van der Waals surface area contributed by atoms with Crippen molar-refractivity contribution in [2.24, 2.45) is 0 Å². The van der Waals surface area contributed by atoms with E-state index in [1.54, 1.807) is 0 Å². The summed E-state index contributed by atoms with van der Waals surface area (Å²) >= 11 is 0. The molecule has 0 unspecified atom stereocenters. The topological polar surface area (TPSA) is 68.9 Å². The molecule has 0 saturated heterocycles. The maximum absolute atomic E-state index is 11.2. The summed E-state index contributed by atoms with van der Waals surface area (Å²) in [5, 5.41) is 8.67. The van der Waals surface area contributed by atoms with Gasteiger partial charge in [-0.15, -0.1) is 0 Å². The molecule has 0 aliphatic carbocycles. The number of hydrogen-bond acceptors (Lipinski definition) is 5. The van der Waals surface area contributed by atoms with Gasteiger partial charge in [0.2, 0.25) is 11.2 Å². The SMILES string of the molecule is CCOCOc1coc(CO)cc1=O. The number of ether oxygens (including phenoxy) is 2. The van der Waals surface area contributed by atoms with Crippen LogP contribution in [-0.2, 0) is 11.3 Å². The lowest BCUT2D eigenvalue weighted by Crippen LogP contribution is -2.10. The Labute approximate surface area is 80.9 Å². The number of rotatable bonds is 5. The fourth-order valence-electron chi connectivity index (χ4n) is 0.815. The summed E-state index contributed by atoms with van der Waals surface area (Å²) in [4.78, 5) is 11.2. The average molecular weight is 200 g/mol. The Morgan fingerprint density at radius 3 is 2.93 bits per heavy atom. The summed E-state index contributed by atoms with van der Waals surface area (Å²) in [6.07, 6.45) is 1.16. The Hall–Kier alpha value is -1.33. The second-order valence-corrected chi connectivity index (χ2v) is 2.49. The summed E-state index contributed by atoms with van der Waals surface area (Å²) in [5.74, 6) is 0.286. The van der Waals surface area contributed by atoms with E-state index in [1.807, 2.05) is 6.92 Å². The van der Waals surface area contributed by atoms with Gasteiger partial charge in [-0.2, -0.15) is 0 Å². The first-order chi connectivity index (χ1) is 6.77. The lowest BCUT2D eigenvalue weighted by Gasteiger charge is -2.04. The lowest BCUT2D eigenvalue weighted by molar-refractivity contribution is 0.0203. The first-order valence-corrected chi connectivity index (χ1v) is 4.21. The molecular formula is C9H12O5. The van der Waals surface area contributed by atoms with Crippen molar-refractivity contribution in [2.75, 3.05) is 13.4 Å². The first-order valence-electron chi connectivity index (χ1n) is 4.21. The summed E-state index contributed by atoms with van der Waals surface area (Å²) in [6.45, 7) is 2.04. The molecule has 0 atom stereocenters. The maximum Gasteiger partial charge on any atom is 0.227 e. The molecule has 14 heavy (non-hydrogen) atoms. The second kappa shape index (κ2) is 5.41. The van der Waals surface area contributed by atoms with Crippen molar-refractivity contribution in [1.29, 1.82) is 0 Å². The van der Waals surface area contributed by atoms with Crippen LogP contribution in [0.25, 0.3) is 0 Å². The Balaban J connectivity index is 2.64. The molecule has 1 N–H and O–H groups in total. The molecule has 0 amide bonds. The van der Waals surface area contributed by atoms with Gasteiger partial charge in [0.1, 0.15) is 18.6 Å². The van der Waals surface area contributed by atoms with E-state index < -0.39 is 0 Å². The van der Waals surface area contributed by atoms with E-state index in [4.69, 9.17) is 19.0 Å². The highest BCUT2D eigenvalue weighted by atomic mass is 16.7. The van der Waals surface area contributed by atoms with Crippen LogP contribution >= 0.6 is 0 Å². The van der Waals surface area contributed by atoms with Crippen molar-refractivity contribution in [3.8, 4) is 5.75 Å². The van der Waals surface area contributed by atoms with Crippen LogP contribution in [0.15, 0.2) is 21.5 Å². The molecule has 78 valence electrons. The van der Waals surface area contributed by atoms with E-state index in [-0.39, 0.29) is 30.3 Å². The van der Waals surface area contributed by atoms with E-state index in [2.05, 4.69) is 0 Å². The molecule has 0 aliphatic heterocycles. The van der Waals surface area contributed by atoms with Crippen LogP contribution in [0.3, 0.4) is 0 Å². The largest absolute Gasteiger partial charge is 0.463 e. The third-order valence-corrected chi connectivity index (χ3v) is 1.51. The van der Waals surface area contributed by atoms with Crippen molar-refractivity contribution < 1.29 is 19.0 Å². The van der Waals surface area contributed by atoms with Gasteiger partial charge >= 0.3 is 0 Å². The third kappa shape index (κ3) is 2.86. The summed E-state index contributed by atoms with van der Waals surface area (Å²) in [5.41, 5.74) is -0.333. The minimum atomic E-state index is -0.333. The molecule has 0 aromatic carbocycles. The summed E-state index contributed by atoms with van der Waals surface area (Å²) in [7, 11) is 0. The molecule has 0 bridgehead atoms. The Bertz CT molecular complexity index is 330. The molecule has 1 rings (SSSR count). The minimum Gasteiger partial charge on any atom is -0.463 e. The normalized spacial score (nSPS) is 10.1. The molecule has 5 heteroatoms. The summed E-state index contributed by atoms with van der Waals surface area (Å²) < 4.78 is 14.8. The van der Waals surface area contributed by atoms with Crippen LogP contribution in [0, 0.1) is 0 Å². The molecule has 0 aliphatic rings. The molecule has 1 aromatic rings. The van der Waals surface area contributed by atoms with Gasteiger partial charge in [0.05, 0.1) is 0 Å². The zero-order valence-electron chi connectivity index (χ0n) is 7.86. The van der Waals surface area contributed by atoms with E-state index in [1.165, 1.54) is 6.07 Å². The van der Waals surface area contributed by atoms with Crippen LogP contribution in [0.4, 0.5) is 0 Å². The number of hydrogen-bond donors (Lipinski definition) is 1.